The van der Waals surface area contributed by atoms with Crippen molar-refractivity contribution in [1.82, 2.24) is 0 Å². The summed E-state index contributed by atoms with van der Waals surface area (Å²) >= 11 is 0. The molecule has 2 heteroatoms. The fourth-order valence-electron chi connectivity index (χ4n) is 0.270. The molecule has 0 rings (SSSR count). The lowest BCUT2D eigenvalue weighted by atomic mass is 10.6. The van der Waals surface area contributed by atoms with E-state index in [4.69, 9.17) is 10.8 Å². The van der Waals surface area contributed by atoms with Crippen molar-refractivity contribution >= 4 is 8.32 Å². The van der Waals surface area contributed by atoms with Gasteiger partial charge in [0.15, 0.2) is 0 Å². The van der Waals surface area contributed by atoms with Crippen molar-refractivity contribution < 1.29 is 4.43 Å². The maximum absolute atomic E-state index is 5.16. The van der Waals surface area contributed by atoms with E-state index in [1.165, 1.54) is 0 Å². The largest absolute Gasteiger partial charge is 0.501 e. The van der Waals surface area contributed by atoms with Crippen LogP contribution in [0.2, 0.25) is 18.6 Å². The topological polar surface area (TPSA) is 9.23 Å². The summed E-state index contributed by atoms with van der Waals surface area (Å²) in [7, 11) is -1.52. The van der Waals surface area contributed by atoms with Gasteiger partial charge < -0.3 is 4.43 Å². The van der Waals surface area contributed by atoms with Gasteiger partial charge in [-0.1, -0.05) is 20.3 Å². The van der Waals surface area contributed by atoms with Crippen LogP contribution in [0.25, 0.3) is 0 Å². The van der Waals surface area contributed by atoms with Crippen molar-refractivity contribution in [2.75, 3.05) is 0 Å². The Bertz CT molecular complexity index is 121. The molecule has 0 aromatic heterocycles. The molecule has 0 aliphatic heterocycles. The molecule has 0 radical (unpaired) electrons. The van der Waals surface area contributed by atoms with Crippen molar-refractivity contribution in [3.05, 3.63) is 0 Å². The normalized spacial score (nSPS) is 11.1. The predicted molar refractivity (Wildman–Crippen MR) is 42.5 cm³/mol. The van der Waals surface area contributed by atoms with Crippen molar-refractivity contribution in [1.29, 1.82) is 0 Å². The third-order valence-electron chi connectivity index (χ3n) is 1.71. The van der Waals surface area contributed by atoms with Gasteiger partial charge in [-0.2, -0.15) is 0 Å². The van der Waals surface area contributed by atoms with Gasteiger partial charge >= 0.3 is 0 Å². The lowest BCUT2D eigenvalue weighted by Gasteiger charge is -2.22. The Hall–Kier alpha value is -0.423. The van der Waals surface area contributed by atoms with E-state index < -0.39 is 8.32 Å². The molecule has 0 amide bonds. The zero-order chi connectivity index (χ0) is 7.49. The van der Waals surface area contributed by atoms with Gasteiger partial charge in [0.2, 0.25) is 0 Å². The van der Waals surface area contributed by atoms with Crippen LogP contribution in [-0.2, 0) is 4.43 Å². The highest BCUT2D eigenvalue weighted by Crippen LogP contribution is 2.20. The highest BCUT2D eigenvalue weighted by Gasteiger charge is 2.27. The maximum Gasteiger partial charge on any atom is 0.261 e. The van der Waals surface area contributed by atoms with Crippen molar-refractivity contribution in [2.45, 2.75) is 32.5 Å². The summed E-state index contributed by atoms with van der Waals surface area (Å²) in [6.45, 7) is 8.53. The molecule has 0 N–H and O–H groups in total. The molecular weight excluding hydrogens is 128 g/mol. The Morgan fingerprint density at radius 3 is 2.00 bits per heavy atom. The molecule has 0 spiro atoms. The van der Waals surface area contributed by atoms with Crippen LogP contribution in [0.15, 0.2) is 0 Å². The summed E-state index contributed by atoms with van der Waals surface area (Å²) in [5.41, 5.74) is 0.591. The second-order valence-corrected chi connectivity index (χ2v) is 7.54. The summed E-state index contributed by atoms with van der Waals surface area (Å²) in [6.07, 6.45) is 7.27. The van der Waals surface area contributed by atoms with Gasteiger partial charge in [-0.3, -0.25) is 0 Å². The van der Waals surface area contributed by atoms with E-state index in [-0.39, 0.29) is 0 Å². The molecule has 0 heterocycles. The van der Waals surface area contributed by atoms with E-state index in [2.05, 4.69) is 33.0 Å². The summed E-state index contributed by atoms with van der Waals surface area (Å²) in [6, 6.07) is 0. The average molecular weight is 142 g/mol. The van der Waals surface area contributed by atoms with Crippen molar-refractivity contribution in [3.8, 4) is 12.5 Å². The second kappa shape index (κ2) is 2.93. The third kappa shape index (κ3) is 2.57. The lowest BCUT2D eigenvalue weighted by molar-refractivity contribution is 0.497. The molecule has 0 aliphatic rings. The molecule has 0 unspecified atom stereocenters. The minimum atomic E-state index is -1.52. The van der Waals surface area contributed by atoms with Crippen LogP contribution in [0.3, 0.4) is 0 Å². The molecule has 0 aromatic carbocycles. The molecule has 0 aromatic rings. The summed E-state index contributed by atoms with van der Waals surface area (Å²) in [4.78, 5) is 0. The van der Waals surface area contributed by atoms with Crippen molar-refractivity contribution in [3.63, 3.8) is 0 Å². The smallest absolute Gasteiger partial charge is 0.261 e. The van der Waals surface area contributed by atoms with E-state index in [9.17, 15) is 0 Å². The van der Waals surface area contributed by atoms with E-state index in [0.717, 1.165) is 0 Å². The molecular formula is C7H14OSi. The fourth-order valence-corrected chi connectivity index (χ4v) is 0.809. The summed E-state index contributed by atoms with van der Waals surface area (Å²) in [5, 5.41) is 0. The second-order valence-electron chi connectivity index (χ2n) is 2.98. The Balaban J connectivity index is 3.89. The number of hydrogen-bond acceptors (Lipinski definition) is 1. The van der Waals surface area contributed by atoms with Gasteiger partial charge in [0.05, 0.1) is 6.11 Å². The van der Waals surface area contributed by atoms with E-state index in [1.807, 2.05) is 0 Å². The molecule has 0 atom stereocenters. The molecule has 1 nitrogen and oxygen atoms in total. The molecule has 0 aliphatic carbocycles. The first-order chi connectivity index (χ1) is 4.00. The summed E-state index contributed by atoms with van der Waals surface area (Å²) in [5.74, 6) is 0. The van der Waals surface area contributed by atoms with Gasteiger partial charge in [0, 0.05) is 0 Å². The molecule has 9 heavy (non-hydrogen) atoms. The highest BCUT2D eigenvalue weighted by atomic mass is 28.4. The first-order valence-corrected chi connectivity index (χ1v) is 6.13. The van der Waals surface area contributed by atoms with Crippen molar-refractivity contribution in [2.24, 2.45) is 0 Å². The van der Waals surface area contributed by atoms with E-state index in [0.29, 0.717) is 5.54 Å². The Kier molecular flexibility index (Phi) is 2.79. The average Bonchev–Trinajstić information content (AvgIpc) is 1.65. The van der Waals surface area contributed by atoms with E-state index in [1.54, 1.807) is 0 Å². The first kappa shape index (κ1) is 8.58. The molecule has 0 saturated carbocycles. The Morgan fingerprint density at radius 2 is 1.89 bits per heavy atom. The monoisotopic (exact) mass is 142 g/mol. The Labute approximate surface area is 58.5 Å². The molecule has 52 valence electrons. The summed E-state index contributed by atoms with van der Waals surface area (Å²) < 4.78 is 5.16. The SMILES string of the molecule is C#CO[Si](C)(C)C(C)C. The standard InChI is InChI=1S/C7H14OSi/c1-6-8-9(4,5)7(2)3/h1,7H,2-5H3. The van der Waals surface area contributed by atoms with E-state index >= 15 is 0 Å². The minimum Gasteiger partial charge on any atom is -0.501 e. The zero-order valence-corrected chi connectivity index (χ0v) is 7.56. The molecule has 0 fully saturated rings. The van der Waals surface area contributed by atoms with Gasteiger partial charge in [0.25, 0.3) is 8.32 Å². The zero-order valence-electron chi connectivity index (χ0n) is 6.56. The van der Waals surface area contributed by atoms with Gasteiger partial charge in [-0.05, 0) is 18.6 Å². The number of terminal acetylenes is 1. The number of rotatable bonds is 2. The quantitative estimate of drug-likeness (QED) is 0.424. The van der Waals surface area contributed by atoms with Gasteiger partial charge in [-0.25, -0.2) is 0 Å². The third-order valence-corrected chi connectivity index (χ3v) is 5.14. The predicted octanol–water partition coefficient (Wildman–Crippen LogP) is 2.21. The molecule has 0 saturated heterocycles. The van der Waals surface area contributed by atoms with Crippen LogP contribution in [0.4, 0.5) is 0 Å². The van der Waals surface area contributed by atoms with Gasteiger partial charge in [-0.15, -0.1) is 0 Å². The minimum absolute atomic E-state index is 0.591. The number of hydrogen-bond donors (Lipinski definition) is 0. The molecule has 0 bridgehead atoms. The highest BCUT2D eigenvalue weighted by molar-refractivity contribution is 6.72. The van der Waals surface area contributed by atoms with Crippen LogP contribution in [0.5, 0.6) is 0 Å². The van der Waals surface area contributed by atoms with Crippen LogP contribution < -0.4 is 0 Å². The van der Waals surface area contributed by atoms with Crippen LogP contribution in [-0.4, -0.2) is 8.32 Å². The van der Waals surface area contributed by atoms with Crippen LogP contribution >= 0.6 is 0 Å². The Morgan fingerprint density at radius 1 is 1.44 bits per heavy atom. The van der Waals surface area contributed by atoms with Crippen LogP contribution in [0.1, 0.15) is 13.8 Å². The first-order valence-electron chi connectivity index (χ1n) is 3.14. The fraction of sp³-hybridized carbons (Fsp3) is 0.714. The van der Waals surface area contributed by atoms with Crippen LogP contribution in [0, 0.1) is 12.5 Å². The lowest BCUT2D eigenvalue weighted by Crippen LogP contribution is -2.31. The van der Waals surface area contributed by atoms with Gasteiger partial charge in [0.1, 0.15) is 0 Å². The maximum atomic E-state index is 5.16.